The number of methoxy groups -OCH3 is 1. The van der Waals surface area contributed by atoms with Crippen molar-refractivity contribution < 1.29 is 14.3 Å². The Bertz CT molecular complexity index is 495. The van der Waals surface area contributed by atoms with Crippen LogP contribution in [0.3, 0.4) is 0 Å². The molecule has 1 saturated heterocycles. The number of nitrogens with zero attached hydrogens (tertiary/aromatic N) is 1. The first-order chi connectivity index (χ1) is 10.7. The van der Waals surface area contributed by atoms with Crippen molar-refractivity contribution in [2.24, 2.45) is 0 Å². The number of hydrogen-bond acceptors (Lipinski definition) is 5. The summed E-state index contributed by atoms with van der Waals surface area (Å²) in [7, 11) is 1.40. The molecule has 0 radical (unpaired) electrons. The Morgan fingerprint density at radius 2 is 2.09 bits per heavy atom. The summed E-state index contributed by atoms with van der Waals surface area (Å²) in [6.07, 6.45) is 1.52. The molecule has 4 nitrogen and oxygen atoms in total. The van der Waals surface area contributed by atoms with Gasteiger partial charge in [-0.3, -0.25) is 9.59 Å². The smallest absolute Gasteiger partial charge is 0.315 e. The lowest BCUT2D eigenvalue weighted by molar-refractivity contribution is -0.137. The molecule has 0 aliphatic carbocycles. The second kappa shape index (κ2) is 9.10. The summed E-state index contributed by atoms with van der Waals surface area (Å²) in [5.41, 5.74) is 0. The molecule has 1 amide bonds. The molecular weight excluding hydrogens is 318 g/mol. The average Bonchev–Trinajstić information content (AvgIpc) is 3.02. The lowest BCUT2D eigenvalue weighted by Gasteiger charge is -2.16. The number of ether oxygens (including phenoxy) is 1. The lowest BCUT2D eigenvalue weighted by Crippen LogP contribution is -2.29. The third kappa shape index (κ3) is 5.57. The van der Waals surface area contributed by atoms with E-state index in [1.54, 1.807) is 23.5 Å². The first-order valence-electron chi connectivity index (χ1n) is 7.33. The van der Waals surface area contributed by atoms with Gasteiger partial charge in [0.2, 0.25) is 5.91 Å². The van der Waals surface area contributed by atoms with Gasteiger partial charge in [0, 0.05) is 35.4 Å². The maximum atomic E-state index is 12.2. The van der Waals surface area contributed by atoms with Gasteiger partial charge in [0.1, 0.15) is 0 Å². The van der Waals surface area contributed by atoms with Crippen molar-refractivity contribution in [1.82, 2.24) is 4.90 Å². The van der Waals surface area contributed by atoms with Gasteiger partial charge < -0.3 is 9.64 Å². The molecule has 2 rings (SSSR count). The molecular formula is C16H21NO3S2. The van der Waals surface area contributed by atoms with E-state index in [1.165, 1.54) is 12.0 Å². The molecule has 1 atom stereocenters. The van der Waals surface area contributed by atoms with Crippen LogP contribution in [0.25, 0.3) is 0 Å². The van der Waals surface area contributed by atoms with Gasteiger partial charge in [-0.05, 0) is 18.6 Å². The minimum atomic E-state index is -0.200. The van der Waals surface area contributed by atoms with Crippen LogP contribution < -0.4 is 0 Å². The fraction of sp³-hybridized carbons (Fsp3) is 0.500. The SMILES string of the molecule is COC(=O)CS[C@H]1CCN(C(=O)CCSc2ccccc2)C1. The fourth-order valence-electron chi connectivity index (χ4n) is 2.27. The van der Waals surface area contributed by atoms with Gasteiger partial charge in [-0.25, -0.2) is 0 Å². The highest BCUT2D eigenvalue weighted by Crippen LogP contribution is 2.24. The van der Waals surface area contributed by atoms with Gasteiger partial charge in [-0.2, -0.15) is 0 Å². The summed E-state index contributed by atoms with van der Waals surface area (Å²) >= 11 is 3.30. The molecule has 6 heteroatoms. The van der Waals surface area contributed by atoms with E-state index in [0.717, 1.165) is 25.3 Å². The number of hydrogen-bond donors (Lipinski definition) is 0. The van der Waals surface area contributed by atoms with Gasteiger partial charge in [0.15, 0.2) is 0 Å². The molecule has 0 unspecified atom stereocenters. The minimum absolute atomic E-state index is 0.200. The lowest BCUT2D eigenvalue weighted by atomic mass is 10.4. The van der Waals surface area contributed by atoms with E-state index in [0.29, 0.717) is 17.4 Å². The van der Waals surface area contributed by atoms with Crippen LogP contribution in [0.1, 0.15) is 12.8 Å². The van der Waals surface area contributed by atoms with Crippen LogP contribution in [0, 0.1) is 0 Å². The van der Waals surface area contributed by atoms with E-state index in [9.17, 15) is 9.59 Å². The summed E-state index contributed by atoms with van der Waals surface area (Å²) in [5, 5.41) is 0.352. The van der Waals surface area contributed by atoms with Crippen molar-refractivity contribution in [3.05, 3.63) is 30.3 Å². The first kappa shape index (κ1) is 17.2. The zero-order valence-electron chi connectivity index (χ0n) is 12.7. The Balaban J connectivity index is 1.65. The monoisotopic (exact) mass is 339 g/mol. The van der Waals surface area contributed by atoms with Crippen molar-refractivity contribution in [2.75, 3.05) is 31.7 Å². The molecule has 0 spiro atoms. The predicted molar refractivity (Wildman–Crippen MR) is 91.2 cm³/mol. The number of carbonyl (C=O) groups is 2. The van der Waals surface area contributed by atoms with Gasteiger partial charge in [0.05, 0.1) is 12.9 Å². The maximum Gasteiger partial charge on any atom is 0.315 e. The van der Waals surface area contributed by atoms with Crippen LogP contribution >= 0.6 is 23.5 Å². The topological polar surface area (TPSA) is 46.6 Å². The van der Waals surface area contributed by atoms with E-state index in [1.807, 2.05) is 23.1 Å². The first-order valence-corrected chi connectivity index (χ1v) is 9.36. The Hall–Kier alpha value is -1.14. The fourth-order valence-corrected chi connectivity index (χ4v) is 4.18. The van der Waals surface area contributed by atoms with Crippen LogP contribution in [0.5, 0.6) is 0 Å². The second-order valence-corrected chi connectivity index (χ2v) is 7.51. The molecule has 22 heavy (non-hydrogen) atoms. The quantitative estimate of drug-likeness (QED) is 0.564. The summed E-state index contributed by atoms with van der Waals surface area (Å²) < 4.78 is 4.64. The van der Waals surface area contributed by atoms with Gasteiger partial charge in [-0.1, -0.05) is 18.2 Å². The van der Waals surface area contributed by atoms with E-state index >= 15 is 0 Å². The number of benzene rings is 1. The second-order valence-electron chi connectivity index (χ2n) is 5.05. The Kier molecular flexibility index (Phi) is 7.12. The largest absolute Gasteiger partial charge is 0.468 e. The van der Waals surface area contributed by atoms with Crippen LogP contribution in [-0.2, 0) is 14.3 Å². The Morgan fingerprint density at radius 3 is 2.82 bits per heavy atom. The summed E-state index contributed by atoms with van der Waals surface area (Å²) in [6.45, 7) is 1.55. The zero-order chi connectivity index (χ0) is 15.8. The van der Waals surface area contributed by atoms with Crippen molar-refractivity contribution in [2.45, 2.75) is 23.0 Å². The number of rotatable bonds is 7. The highest BCUT2D eigenvalue weighted by atomic mass is 32.2. The van der Waals surface area contributed by atoms with Crippen LogP contribution in [0.15, 0.2) is 35.2 Å². The standard InChI is InChI=1S/C16H21NO3S2/c1-20-16(19)12-22-14-7-9-17(11-14)15(18)8-10-21-13-5-3-2-4-6-13/h2-6,14H,7-12H2,1H3/t14-/m0/s1. The van der Waals surface area contributed by atoms with Crippen molar-refractivity contribution in [1.29, 1.82) is 0 Å². The number of amides is 1. The Morgan fingerprint density at radius 1 is 1.32 bits per heavy atom. The molecule has 1 aliphatic rings. The molecule has 120 valence electrons. The molecule has 0 bridgehead atoms. The minimum Gasteiger partial charge on any atom is -0.468 e. The third-order valence-corrected chi connectivity index (χ3v) is 5.76. The molecule has 0 N–H and O–H groups in total. The molecule has 1 fully saturated rings. The van der Waals surface area contributed by atoms with Crippen LogP contribution in [-0.4, -0.2) is 53.7 Å². The van der Waals surface area contributed by atoms with E-state index in [-0.39, 0.29) is 11.9 Å². The highest BCUT2D eigenvalue weighted by molar-refractivity contribution is 8.00. The summed E-state index contributed by atoms with van der Waals surface area (Å²) in [4.78, 5) is 26.4. The number of likely N-dealkylation sites (tertiary alicyclic amines) is 1. The van der Waals surface area contributed by atoms with Gasteiger partial charge in [-0.15, -0.1) is 23.5 Å². The van der Waals surface area contributed by atoms with Crippen molar-refractivity contribution in [3.63, 3.8) is 0 Å². The number of thioether (sulfide) groups is 2. The molecule has 1 aliphatic heterocycles. The molecule has 1 aromatic carbocycles. The summed E-state index contributed by atoms with van der Waals surface area (Å²) in [5.74, 6) is 1.19. The number of carbonyl (C=O) groups excluding carboxylic acids is 2. The van der Waals surface area contributed by atoms with Crippen LogP contribution in [0.4, 0.5) is 0 Å². The molecule has 0 saturated carbocycles. The zero-order valence-corrected chi connectivity index (χ0v) is 14.3. The van der Waals surface area contributed by atoms with Crippen molar-refractivity contribution >= 4 is 35.4 Å². The van der Waals surface area contributed by atoms with Gasteiger partial charge >= 0.3 is 5.97 Å². The van der Waals surface area contributed by atoms with Crippen LogP contribution in [0.2, 0.25) is 0 Å². The predicted octanol–water partition coefficient (Wildman–Crippen LogP) is 2.68. The highest BCUT2D eigenvalue weighted by Gasteiger charge is 2.26. The third-order valence-electron chi connectivity index (χ3n) is 3.49. The normalized spacial score (nSPS) is 17.5. The van der Waals surface area contributed by atoms with Gasteiger partial charge in [0.25, 0.3) is 0 Å². The van der Waals surface area contributed by atoms with E-state index < -0.39 is 0 Å². The Labute approximate surface area is 140 Å². The number of esters is 1. The average molecular weight is 339 g/mol. The maximum absolute atomic E-state index is 12.2. The molecule has 1 heterocycles. The van der Waals surface area contributed by atoms with Crippen molar-refractivity contribution in [3.8, 4) is 0 Å². The van der Waals surface area contributed by atoms with E-state index in [4.69, 9.17) is 0 Å². The summed E-state index contributed by atoms with van der Waals surface area (Å²) in [6, 6.07) is 10.1. The molecule has 1 aromatic rings. The van der Waals surface area contributed by atoms with E-state index in [2.05, 4.69) is 16.9 Å². The molecule has 0 aromatic heterocycles.